The second kappa shape index (κ2) is 4.28. The van der Waals surface area contributed by atoms with Crippen LogP contribution in [0.4, 0.5) is 0 Å². The summed E-state index contributed by atoms with van der Waals surface area (Å²) in [5.41, 5.74) is 0. The van der Waals surface area contributed by atoms with E-state index < -0.39 is 14.9 Å². The van der Waals surface area contributed by atoms with E-state index in [9.17, 15) is 8.42 Å². The van der Waals surface area contributed by atoms with E-state index in [1.54, 1.807) is 25.2 Å². The summed E-state index contributed by atoms with van der Waals surface area (Å²) >= 11 is 0. The fraction of sp³-hybridized carbons (Fsp3) is 0.500. The van der Waals surface area contributed by atoms with E-state index in [4.69, 9.17) is 4.55 Å². The summed E-state index contributed by atoms with van der Waals surface area (Å²) in [5.74, 6) is -0.197. The van der Waals surface area contributed by atoms with Crippen LogP contribution in [-0.4, -0.2) is 47.3 Å². The van der Waals surface area contributed by atoms with E-state index in [0.29, 0.717) is 0 Å². The van der Waals surface area contributed by atoms with Gasteiger partial charge in [0, 0.05) is 29.6 Å². The third kappa shape index (κ3) is 2.44. The van der Waals surface area contributed by atoms with Gasteiger partial charge in [-0.25, -0.2) is 0 Å². The molecule has 1 N–H and O–H groups in total. The Morgan fingerprint density at radius 1 is 1.38 bits per heavy atom. The molecule has 0 aromatic carbocycles. The van der Waals surface area contributed by atoms with E-state index in [-0.39, 0.29) is 35.5 Å². The Morgan fingerprint density at radius 2 is 1.92 bits per heavy atom. The topological polar surface area (TPSA) is 54.4 Å². The molecule has 0 amide bonds. The average Bonchev–Trinajstić information content (AvgIpc) is 1.93. The normalized spacial score (nSPS) is 32.7. The Bertz CT molecular complexity index is 331. The smallest absolute Gasteiger partial charge is 0.274 e. The molecule has 0 saturated heterocycles. The first-order chi connectivity index (χ1) is 5.38. The standard InChI is InChI=1S/C8H12O3S.Na/c1-7-5-3-4-6-8(7,2)12(9,10)11;/h3-7H,1-2H3,(H,9,10,11);. The molecule has 0 spiro atoms. The zero-order chi connectivity index (χ0) is 9.41. The van der Waals surface area contributed by atoms with Crippen LogP contribution in [0.3, 0.4) is 0 Å². The number of rotatable bonds is 1. The molecule has 2 atom stereocenters. The number of allylic oxidation sites excluding steroid dienone is 3. The maximum Gasteiger partial charge on any atom is 0.274 e. The van der Waals surface area contributed by atoms with Crippen molar-refractivity contribution >= 4 is 39.7 Å². The van der Waals surface area contributed by atoms with Crippen LogP contribution in [0.15, 0.2) is 24.3 Å². The molecule has 0 aromatic heterocycles. The number of hydrogen-bond acceptors (Lipinski definition) is 2. The number of hydrogen-bond donors (Lipinski definition) is 1. The largest absolute Gasteiger partial charge is 0.285 e. The van der Waals surface area contributed by atoms with Crippen LogP contribution < -0.4 is 0 Å². The molecule has 0 heterocycles. The first kappa shape index (κ1) is 13.4. The summed E-state index contributed by atoms with van der Waals surface area (Å²) in [7, 11) is -4.01. The second-order valence-electron chi connectivity index (χ2n) is 3.19. The van der Waals surface area contributed by atoms with Crippen molar-refractivity contribution < 1.29 is 13.0 Å². The molecule has 1 radical (unpaired) electrons. The predicted molar refractivity (Wildman–Crippen MR) is 53.2 cm³/mol. The van der Waals surface area contributed by atoms with Crippen LogP contribution in [0.25, 0.3) is 0 Å². The van der Waals surface area contributed by atoms with E-state index in [1.165, 1.54) is 13.0 Å². The van der Waals surface area contributed by atoms with Gasteiger partial charge in [-0.05, 0) is 12.8 Å². The Balaban J connectivity index is 0.00000144. The summed E-state index contributed by atoms with van der Waals surface area (Å²) in [5, 5.41) is 0. The molecule has 0 fully saturated rings. The zero-order valence-corrected chi connectivity index (χ0v) is 10.9. The van der Waals surface area contributed by atoms with E-state index in [2.05, 4.69) is 0 Å². The quantitative estimate of drug-likeness (QED) is 0.520. The predicted octanol–water partition coefficient (Wildman–Crippen LogP) is 1.01. The Labute approximate surface area is 101 Å². The summed E-state index contributed by atoms with van der Waals surface area (Å²) in [6.45, 7) is 3.26. The fourth-order valence-electron chi connectivity index (χ4n) is 1.14. The van der Waals surface area contributed by atoms with Gasteiger partial charge in [0.25, 0.3) is 10.1 Å². The minimum Gasteiger partial charge on any atom is -0.285 e. The Hall–Kier alpha value is 0.390. The second-order valence-corrected chi connectivity index (χ2v) is 5.02. The van der Waals surface area contributed by atoms with Crippen LogP contribution >= 0.6 is 0 Å². The molecule has 13 heavy (non-hydrogen) atoms. The van der Waals surface area contributed by atoms with Gasteiger partial charge in [-0.2, -0.15) is 8.42 Å². The van der Waals surface area contributed by atoms with Gasteiger partial charge in [-0.1, -0.05) is 31.2 Å². The molecule has 0 saturated carbocycles. The summed E-state index contributed by atoms with van der Waals surface area (Å²) < 4.78 is 29.8. The molecular weight excluding hydrogens is 199 g/mol. The van der Waals surface area contributed by atoms with Crippen molar-refractivity contribution in [2.24, 2.45) is 5.92 Å². The van der Waals surface area contributed by atoms with Crippen LogP contribution in [0, 0.1) is 5.92 Å². The molecule has 1 aliphatic rings. The monoisotopic (exact) mass is 211 g/mol. The van der Waals surface area contributed by atoms with Gasteiger partial charge in [-0.3, -0.25) is 4.55 Å². The van der Waals surface area contributed by atoms with E-state index >= 15 is 0 Å². The summed E-state index contributed by atoms with van der Waals surface area (Å²) in [6, 6.07) is 0. The third-order valence-corrected chi connectivity index (χ3v) is 4.02. The molecule has 0 bridgehead atoms. The minimum atomic E-state index is -4.01. The first-order valence-corrected chi connectivity index (χ1v) is 5.15. The average molecular weight is 211 g/mol. The fourth-order valence-corrected chi connectivity index (χ4v) is 1.94. The zero-order valence-electron chi connectivity index (χ0n) is 8.06. The van der Waals surface area contributed by atoms with Gasteiger partial charge in [-0.15, -0.1) is 0 Å². The van der Waals surface area contributed by atoms with E-state index in [0.717, 1.165) is 0 Å². The van der Waals surface area contributed by atoms with Crippen LogP contribution in [-0.2, 0) is 10.1 Å². The van der Waals surface area contributed by atoms with Crippen LogP contribution in [0.2, 0.25) is 0 Å². The Morgan fingerprint density at radius 3 is 2.23 bits per heavy atom. The first-order valence-electron chi connectivity index (χ1n) is 3.71. The molecule has 2 unspecified atom stereocenters. The van der Waals surface area contributed by atoms with Crippen molar-refractivity contribution in [2.75, 3.05) is 0 Å². The Kier molecular flexibility index (Phi) is 4.40. The van der Waals surface area contributed by atoms with Crippen molar-refractivity contribution in [3.8, 4) is 0 Å². The molecule has 69 valence electrons. The van der Waals surface area contributed by atoms with Crippen molar-refractivity contribution in [3.05, 3.63) is 24.3 Å². The summed E-state index contributed by atoms with van der Waals surface area (Å²) in [6.07, 6.45) is 6.67. The van der Waals surface area contributed by atoms with Gasteiger partial charge >= 0.3 is 0 Å². The molecule has 0 aliphatic heterocycles. The van der Waals surface area contributed by atoms with Crippen LogP contribution in [0.1, 0.15) is 13.8 Å². The van der Waals surface area contributed by atoms with Gasteiger partial charge in [0.2, 0.25) is 0 Å². The maximum atomic E-state index is 11.0. The van der Waals surface area contributed by atoms with Crippen molar-refractivity contribution in [2.45, 2.75) is 18.6 Å². The summed E-state index contributed by atoms with van der Waals surface area (Å²) in [4.78, 5) is 0. The molecule has 5 heteroatoms. The van der Waals surface area contributed by atoms with Crippen LogP contribution in [0.5, 0.6) is 0 Å². The van der Waals surface area contributed by atoms with Crippen molar-refractivity contribution in [1.82, 2.24) is 0 Å². The van der Waals surface area contributed by atoms with Gasteiger partial charge in [0.05, 0.1) is 0 Å². The molecule has 1 rings (SSSR count). The van der Waals surface area contributed by atoms with Crippen molar-refractivity contribution in [3.63, 3.8) is 0 Å². The molecular formula is C8H12NaO3S. The molecule has 0 aromatic rings. The minimum absolute atomic E-state index is 0. The molecule has 1 aliphatic carbocycles. The SMILES string of the molecule is CC1C=CC=CC1(C)S(=O)(=O)O.[Na]. The van der Waals surface area contributed by atoms with Crippen molar-refractivity contribution in [1.29, 1.82) is 0 Å². The van der Waals surface area contributed by atoms with Gasteiger partial charge in [0.15, 0.2) is 0 Å². The molecule has 3 nitrogen and oxygen atoms in total. The van der Waals surface area contributed by atoms with E-state index in [1.807, 2.05) is 0 Å². The third-order valence-electron chi connectivity index (χ3n) is 2.40. The van der Waals surface area contributed by atoms with Gasteiger partial charge < -0.3 is 0 Å². The van der Waals surface area contributed by atoms with Gasteiger partial charge in [0.1, 0.15) is 4.75 Å². The maximum absolute atomic E-state index is 11.0.